The van der Waals surface area contributed by atoms with Crippen molar-refractivity contribution in [3.8, 4) is 5.75 Å². The van der Waals surface area contributed by atoms with Crippen molar-refractivity contribution in [3.05, 3.63) is 42.4 Å². The van der Waals surface area contributed by atoms with Crippen LogP contribution in [0.1, 0.15) is 18.5 Å². The Morgan fingerprint density at radius 2 is 2.30 bits per heavy atom. The summed E-state index contributed by atoms with van der Waals surface area (Å²) in [5.41, 5.74) is 2.26. The van der Waals surface area contributed by atoms with Crippen LogP contribution in [0, 0.1) is 0 Å². The standard InChI is InChI=1S/C18H26N4O/c1-13(20-15-5-4-8-22(2)12-15)19-11-16-9-14-10-17(23-3)6-7-18(14)21-16/h6-7,9-10,15,19-21H,1,4-5,8,11-12H2,2-3H3. The molecule has 23 heavy (non-hydrogen) atoms. The first kappa shape index (κ1) is 15.7. The van der Waals surface area contributed by atoms with Crippen molar-refractivity contribution in [1.29, 1.82) is 0 Å². The van der Waals surface area contributed by atoms with Crippen LogP contribution in [0.15, 0.2) is 36.7 Å². The van der Waals surface area contributed by atoms with Crippen LogP contribution in [-0.4, -0.2) is 43.2 Å². The molecule has 0 saturated carbocycles. The third-order valence-corrected chi connectivity index (χ3v) is 4.38. The Balaban J connectivity index is 1.54. The molecule has 1 fully saturated rings. The summed E-state index contributed by atoms with van der Waals surface area (Å²) in [6.07, 6.45) is 2.45. The molecule has 5 nitrogen and oxygen atoms in total. The Kier molecular flexibility index (Phi) is 4.76. The first-order valence-electron chi connectivity index (χ1n) is 8.17. The number of fused-ring (bicyclic) bond motifs is 1. The number of rotatable bonds is 6. The van der Waals surface area contributed by atoms with Gasteiger partial charge in [0.1, 0.15) is 5.75 Å². The molecule has 2 heterocycles. The van der Waals surface area contributed by atoms with Crippen LogP contribution in [0.25, 0.3) is 10.9 Å². The summed E-state index contributed by atoms with van der Waals surface area (Å²) >= 11 is 0. The molecule has 5 heteroatoms. The third kappa shape index (κ3) is 3.99. The number of H-pyrrole nitrogens is 1. The number of hydrogen-bond donors (Lipinski definition) is 3. The molecule has 2 aromatic rings. The molecule has 1 aliphatic rings. The van der Waals surface area contributed by atoms with Gasteiger partial charge in [-0.2, -0.15) is 0 Å². The van der Waals surface area contributed by atoms with E-state index in [0.29, 0.717) is 6.04 Å². The lowest BCUT2D eigenvalue weighted by Crippen LogP contribution is -2.45. The number of benzene rings is 1. The van der Waals surface area contributed by atoms with Crippen molar-refractivity contribution in [3.63, 3.8) is 0 Å². The van der Waals surface area contributed by atoms with Gasteiger partial charge in [-0.05, 0) is 50.7 Å². The zero-order chi connectivity index (χ0) is 16.2. The minimum absolute atomic E-state index is 0.487. The molecule has 1 unspecified atom stereocenters. The van der Waals surface area contributed by atoms with Crippen LogP contribution in [0.5, 0.6) is 5.75 Å². The molecule has 0 radical (unpaired) electrons. The van der Waals surface area contributed by atoms with E-state index in [-0.39, 0.29) is 0 Å². The summed E-state index contributed by atoms with van der Waals surface area (Å²) in [5, 5.41) is 8.02. The van der Waals surface area contributed by atoms with E-state index in [2.05, 4.69) is 40.2 Å². The number of aromatic nitrogens is 1. The molecular formula is C18H26N4O. The average Bonchev–Trinajstić information content (AvgIpc) is 2.94. The molecular weight excluding hydrogens is 288 g/mol. The van der Waals surface area contributed by atoms with Crippen LogP contribution >= 0.6 is 0 Å². The van der Waals surface area contributed by atoms with Gasteiger partial charge in [-0.15, -0.1) is 0 Å². The van der Waals surface area contributed by atoms with E-state index in [1.807, 2.05) is 18.2 Å². The number of hydrogen-bond acceptors (Lipinski definition) is 4. The minimum Gasteiger partial charge on any atom is -0.497 e. The van der Waals surface area contributed by atoms with E-state index in [4.69, 9.17) is 4.74 Å². The van der Waals surface area contributed by atoms with Crippen molar-refractivity contribution >= 4 is 10.9 Å². The summed E-state index contributed by atoms with van der Waals surface area (Å²) in [5.74, 6) is 1.77. The van der Waals surface area contributed by atoms with Crippen LogP contribution in [0.4, 0.5) is 0 Å². The van der Waals surface area contributed by atoms with Crippen LogP contribution in [0.3, 0.4) is 0 Å². The Hall–Kier alpha value is -2.14. The molecule has 1 aromatic carbocycles. The SMILES string of the molecule is C=C(NCc1cc2cc(OC)ccc2[nH]1)NC1CCCN(C)C1. The Bertz CT molecular complexity index is 679. The van der Waals surface area contributed by atoms with Gasteiger partial charge in [0.05, 0.1) is 19.5 Å². The molecule has 1 saturated heterocycles. The van der Waals surface area contributed by atoms with E-state index in [0.717, 1.165) is 41.3 Å². The van der Waals surface area contributed by atoms with Gasteiger partial charge in [0, 0.05) is 29.2 Å². The molecule has 1 atom stereocenters. The monoisotopic (exact) mass is 314 g/mol. The van der Waals surface area contributed by atoms with Gasteiger partial charge in [-0.25, -0.2) is 0 Å². The number of ether oxygens (including phenoxy) is 1. The summed E-state index contributed by atoms with van der Waals surface area (Å²) in [6, 6.07) is 8.69. The fourth-order valence-electron chi connectivity index (χ4n) is 3.18. The van der Waals surface area contributed by atoms with E-state index >= 15 is 0 Å². The number of likely N-dealkylation sites (N-methyl/N-ethyl adjacent to an activating group) is 1. The highest BCUT2D eigenvalue weighted by Gasteiger charge is 2.16. The maximum Gasteiger partial charge on any atom is 0.119 e. The van der Waals surface area contributed by atoms with Crippen molar-refractivity contribution in [2.24, 2.45) is 0 Å². The summed E-state index contributed by atoms with van der Waals surface area (Å²) in [6.45, 7) is 7.09. The topological polar surface area (TPSA) is 52.3 Å². The Morgan fingerprint density at radius 3 is 3.09 bits per heavy atom. The van der Waals surface area contributed by atoms with Gasteiger partial charge in [0.2, 0.25) is 0 Å². The number of methoxy groups -OCH3 is 1. The lowest BCUT2D eigenvalue weighted by atomic mass is 10.1. The number of nitrogens with one attached hydrogen (secondary N) is 3. The van der Waals surface area contributed by atoms with E-state index < -0.39 is 0 Å². The third-order valence-electron chi connectivity index (χ3n) is 4.38. The number of likely N-dealkylation sites (tertiary alicyclic amines) is 1. The molecule has 1 aromatic heterocycles. The second-order valence-corrected chi connectivity index (χ2v) is 6.33. The smallest absolute Gasteiger partial charge is 0.119 e. The predicted molar refractivity (Wildman–Crippen MR) is 94.5 cm³/mol. The predicted octanol–water partition coefficient (Wildman–Crippen LogP) is 2.42. The second-order valence-electron chi connectivity index (χ2n) is 6.33. The van der Waals surface area contributed by atoms with Crippen molar-refractivity contribution in [2.75, 3.05) is 27.2 Å². The molecule has 0 amide bonds. The highest BCUT2D eigenvalue weighted by Crippen LogP contribution is 2.21. The summed E-state index contributed by atoms with van der Waals surface area (Å²) < 4.78 is 5.27. The lowest BCUT2D eigenvalue weighted by molar-refractivity contribution is 0.233. The minimum atomic E-state index is 0.487. The van der Waals surface area contributed by atoms with Crippen LogP contribution in [0.2, 0.25) is 0 Å². The van der Waals surface area contributed by atoms with E-state index in [9.17, 15) is 0 Å². The zero-order valence-electron chi connectivity index (χ0n) is 14.0. The fourth-order valence-corrected chi connectivity index (χ4v) is 3.18. The fraction of sp³-hybridized carbons (Fsp3) is 0.444. The maximum atomic E-state index is 5.27. The van der Waals surface area contributed by atoms with Gasteiger partial charge in [0.15, 0.2) is 0 Å². The summed E-state index contributed by atoms with van der Waals surface area (Å²) in [4.78, 5) is 5.78. The van der Waals surface area contributed by atoms with Crippen LogP contribution in [-0.2, 0) is 6.54 Å². The van der Waals surface area contributed by atoms with Gasteiger partial charge in [-0.3, -0.25) is 0 Å². The maximum absolute atomic E-state index is 5.27. The quantitative estimate of drug-likeness (QED) is 0.766. The highest BCUT2D eigenvalue weighted by atomic mass is 16.5. The second kappa shape index (κ2) is 6.96. The van der Waals surface area contributed by atoms with Crippen molar-refractivity contribution < 1.29 is 4.74 Å². The first-order valence-corrected chi connectivity index (χ1v) is 8.17. The lowest BCUT2D eigenvalue weighted by Gasteiger charge is -2.31. The van der Waals surface area contributed by atoms with E-state index in [1.54, 1.807) is 7.11 Å². The van der Waals surface area contributed by atoms with Gasteiger partial charge in [0.25, 0.3) is 0 Å². The van der Waals surface area contributed by atoms with E-state index in [1.165, 1.54) is 19.4 Å². The van der Waals surface area contributed by atoms with Crippen molar-refractivity contribution in [1.82, 2.24) is 20.5 Å². The van der Waals surface area contributed by atoms with Gasteiger partial charge >= 0.3 is 0 Å². The first-order chi connectivity index (χ1) is 11.1. The largest absolute Gasteiger partial charge is 0.497 e. The number of aromatic amines is 1. The molecule has 124 valence electrons. The van der Waals surface area contributed by atoms with Crippen LogP contribution < -0.4 is 15.4 Å². The Morgan fingerprint density at radius 1 is 1.43 bits per heavy atom. The molecule has 3 rings (SSSR count). The normalized spacial score (nSPS) is 18.8. The molecule has 0 spiro atoms. The summed E-state index contributed by atoms with van der Waals surface area (Å²) in [7, 11) is 3.86. The van der Waals surface area contributed by atoms with Gasteiger partial charge < -0.3 is 25.3 Å². The molecule has 1 aliphatic heterocycles. The highest BCUT2D eigenvalue weighted by molar-refractivity contribution is 5.81. The molecule has 0 bridgehead atoms. The zero-order valence-corrected chi connectivity index (χ0v) is 14.0. The number of piperidine rings is 1. The Labute approximate surface area is 137 Å². The van der Waals surface area contributed by atoms with Gasteiger partial charge in [-0.1, -0.05) is 6.58 Å². The number of nitrogens with zero attached hydrogens (tertiary/aromatic N) is 1. The average molecular weight is 314 g/mol. The van der Waals surface area contributed by atoms with Crippen molar-refractivity contribution in [2.45, 2.75) is 25.4 Å². The molecule has 3 N–H and O–H groups in total. The molecule has 0 aliphatic carbocycles.